The number of nitrogens with two attached hydrogens (primary N) is 1. The highest BCUT2D eigenvalue weighted by Gasteiger charge is 2.47. The minimum atomic E-state index is -0.707. The molecule has 10 rings (SSSR count). The number of nitriles is 1. The summed E-state index contributed by atoms with van der Waals surface area (Å²) < 4.78 is 38.4. The van der Waals surface area contributed by atoms with Crippen LogP contribution < -0.4 is 20.7 Å². The minimum Gasteiger partial charge on any atom is -0.461 e. The van der Waals surface area contributed by atoms with E-state index < -0.39 is 11.6 Å². The fraction of sp³-hybridized carbons (Fsp3) is 0.538. The first-order valence-corrected chi connectivity index (χ1v) is 20.0. The normalized spacial score (nSPS) is 24.1. The first-order valence-electron chi connectivity index (χ1n) is 18.8. The number of amides is 1. The van der Waals surface area contributed by atoms with Crippen LogP contribution in [0.5, 0.6) is 6.01 Å². The van der Waals surface area contributed by atoms with Gasteiger partial charge in [0.05, 0.1) is 20.8 Å². The molecule has 2 atom stereocenters. The molecule has 0 bridgehead atoms. The second-order valence-electron chi connectivity index (χ2n) is 16.1. The number of carbonyl (C=O) groups excluding carboxylic acids is 1. The largest absolute Gasteiger partial charge is 0.461 e. The molecule has 10 nitrogen and oxygen atoms in total. The van der Waals surface area contributed by atoms with E-state index in [0.717, 1.165) is 87.4 Å². The topological polar surface area (TPSA) is 134 Å². The molecular formula is C39H43ClF2N8O2S. The van der Waals surface area contributed by atoms with Crippen LogP contribution in [0.15, 0.2) is 18.2 Å². The lowest BCUT2D eigenvalue weighted by Gasteiger charge is -2.53. The van der Waals surface area contributed by atoms with Crippen LogP contribution >= 0.6 is 22.9 Å². The van der Waals surface area contributed by atoms with E-state index in [0.29, 0.717) is 44.0 Å². The second-order valence-corrected chi connectivity index (χ2v) is 17.5. The number of nitrogens with one attached hydrogen (secondary N) is 1. The fourth-order valence-electron chi connectivity index (χ4n) is 9.67. The summed E-state index contributed by atoms with van der Waals surface area (Å²) in [5.41, 5.74) is 6.35. The van der Waals surface area contributed by atoms with Gasteiger partial charge in [-0.05, 0) is 95.0 Å². The maximum atomic E-state index is 17.0. The van der Waals surface area contributed by atoms with Crippen LogP contribution in [0, 0.1) is 34.3 Å². The fourth-order valence-corrected chi connectivity index (χ4v) is 10.9. The number of aromatic nitrogens is 2. The third-order valence-electron chi connectivity index (χ3n) is 12.5. The predicted octanol–water partition coefficient (Wildman–Crippen LogP) is 6.72. The Hall–Kier alpha value is -3.83. The number of anilines is 2. The zero-order valence-corrected chi connectivity index (χ0v) is 31.3. The van der Waals surface area contributed by atoms with Crippen LogP contribution in [0.3, 0.4) is 0 Å². The van der Waals surface area contributed by atoms with Gasteiger partial charge in [0, 0.05) is 60.0 Å². The molecule has 1 spiro atoms. The molecule has 278 valence electrons. The minimum absolute atomic E-state index is 0.0103. The number of nitrogens with zero attached hydrogens (tertiary/aromatic N) is 6. The van der Waals surface area contributed by atoms with Crippen molar-refractivity contribution in [2.24, 2.45) is 11.3 Å². The molecule has 6 aliphatic rings. The lowest BCUT2D eigenvalue weighted by molar-refractivity contribution is -0.129. The molecule has 14 heteroatoms. The Labute approximate surface area is 316 Å². The van der Waals surface area contributed by atoms with Crippen LogP contribution in [0.2, 0.25) is 5.02 Å². The number of rotatable bonds is 7. The Balaban J connectivity index is 0.000000472. The van der Waals surface area contributed by atoms with Gasteiger partial charge in [-0.3, -0.25) is 9.69 Å². The van der Waals surface area contributed by atoms with E-state index in [-0.39, 0.29) is 59.3 Å². The van der Waals surface area contributed by atoms with Crippen molar-refractivity contribution in [2.75, 3.05) is 56.5 Å². The Kier molecular flexibility index (Phi) is 8.68. The molecule has 3 N–H and O–H groups in total. The van der Waals surface area contributed by atoms with E-state index in [1.165, 1.54) is 25.0 Å². The Morgan fingerprint density at radius 3 is 2.53 bits per heavy atom. The zero-order valence-electron chi connectivity index (χ0n) is 29.8. The maximum Gasteiger partial charge on any atom is 0.319 e. The lowest BCUT2D eigenvalue weighted by Crippen LogP contribution is -2.62. The lowest BCUT2D eigenvalue weighted by atomic mass is 9.73. The molecule has 6 fully saturated rings. The molecule has 1 aliphatic carbocycles. The molecule has 7 heterocycles. The molecule has 53 heavy (non-hydrogen) atoms. The van der Waals surface area contributed by atoms with Crippen molar-refractivity contribution >= 4 is 61.2 Å². The summed E-state index contributed by atoms with van der Waals surface area (Å²) in [6.45, 7) is 7.46. The number of likely N-dealkylation sites (tertiary alicyclic amines) is 1. The van der Waals surface area contributed by atoms with E-state index in [2.05, 4.69) is 33.1 Å². The van der Waals surface area contributed by atoms with Crippen LogP contribution in [0.1, 0.15) is 63.9 Å². The number of thiophene rings is 1. The molecule has 4 aromatic rings. The molecule has 5 saturated heterocycles. The van der Waals surface area contributed by atoms with E-state index in [1.807, 2.05) is 0 Å². The van der Waals surface area contributed by atoms with Gasteiger partial charge >= 0.3 is 6.01 Å². The molecule has 0 radical (unpaired) electrons. The highest BCUT2D eigenvalue weighted by Crippen LogP contribution is 2.47. The number of benzene rings is 2. The highest BCUT2D eigenvalue weighted by molar-refractivity contribution is 7.23. The summed E-state index contributed by atoms with van der Waals surface area (Å²) >= 11 is 7.82. The number of ether oxygens (including phenoxy) is 1. The summed E-state index contributed by atoms with van der Waals surface area (Å²) in [4.78, 5) is 27.3. The Morgan fingerprint density at radius 2 is 1.87 bits per heavy atom. The average Bonchev–Trinajstić information content (AvgIpc) is 3.99. The van der Waals surface area contributed by atoms with Crippen LogP contribution in [0.4, 0.5) is 19.6 Å². The molecule has 1 amide bonds. The number of hydrogen-bond acceptors (Lipinski definition) is 10. The predicted molar refractivity (Wildman–Crippen MR) is 203 cm³/mol. The van der Waals surface area contributed by atoms with Gasteiger partial charge in [-0.1, -0.05) is 17.7 Å². The van der Waals surface area contributed by atoms with Crippen molar-refractivity contribution in [2.45, 2.75) is 75.9 Å². The van der Waals surface area contributed by atoms with Gasteiger partial charge in [0.2, 0.25) is 6.41 Å². The van der Waals surface area contributed by atoms with Crippen molar-refractivity contribution < 1.29 is 18.3 Å². The average molecular weight is 761 g/mol. The molecule has 2 aromatic carbocycles. The van der Waals surface area contributed by atoms with Crippen molar-refractivity contribution in [1.29, 1.82) is 5.26 Å². The second kappa shape index (κ2) is 13.2. The number of carbonyl (C=O) groups is 1. The van der Waals surface area contributed by atoms with Gasteiger partial charge in [0.1, 0.15) is 34.8 Å². The van der Waals surface area contributed by atoms with E-state index in [4.69, 9.17) is 27.1 Å². The van der Waals surface area contributed by atoms with Crippen molar-refractivity contribution in [3.63, 3.8) is 0 Å². The van der Waals surface area contributed by atoms with Gasteiger partial charge in [-0.15, -0.1) is 11.3 Å². The van der Waals surface area contributed by atoms with Crippen LogP contribution in [0.25, 0.3) is 32.1 Å². The SMILES string of the molecule is CC1NC1C1CC1.N#Cc1c(N)sc2c(F)ccc(-c3c(Cl)cc4c(N5CCCC6(CN(C=O)C6)C5)nc(OCC56CCCN5CCC6)nc4c3F)c12. The van der Waals surface area contributed by atoms with Gasteiger partial charge in [0.25, 0.3) is 0 Å². The molecule has 5 aliphatic heterocycles. The van der Waals surface area contributed by atoms with Crippen molar-refractivity contribution in [3.8, 4) is 23.2 Å². The molecular weight excluding hydrogens is 718 g/mol. The standard InChI is InChI=1S/C33H32ClF2N7O2S.C6H11N/c34-22-12-20-27(26(36)25(22)19-4-5-23(35)28-24(19)21(13-37)29(38)46-28)39-31(45-17-33-7-2-10-43(33)11-3-8-33)40-30(20)42-9-1-6-32(16-42)14-41(15-32)18-44;1-4-6(7-4)5-2-3-5/h4-5,12,18H,1-3,6-11,14-17,38H2;4-7H,2-3H2,1H3. The third-order valence-corrected chi connectivity index (χ3v) is 13.8. The van der Waals surface area contributed by atoms with Crippen LogP contribution in [-0.4, -0.2) is 89.7 Å². The molecule has 1 saturated carbocycles. The van der Waals surface area contributed by atoms with Gasteiger partial charge in [-0.2, -0.15) is 15.2 Å². The number of halogens is 3. The Bertz CT molecular complexity index is 2160. The number of nitrogen functional groups attached to an aromatic ring is 1. The van der Waals surface area contributed by atoms with Gasteiger partial charge in [-0.25, -0.2) is 8.78 Å². The molecule has 2 unspecified atom stereocenters. The van der Waals surface area contributed by atoms with Gasteiger partial charge < -0.3 is 25.6 Å². The van der Waals surface area contributed by atoms with Crippen LogP contribution in [-0.2, 0) is 4.79 Å². The number of piperidine rings is 1. The summed E-state index contributed by atoms with van der Waals surface area (Å²) in [5.74, 6) is 0.353. The summed E-state index contributed by atoms with van der Waals surface area (Å²) in [6, 6.07) is 8.24. The Morgan fingerprint density at radius 1 is 1.13 bits per heavy atom. The first kappa shape index (κ1) is 34.9. The van der Waals surface area contributed by atoms with Crippen molar-refractivity contribution in [3.05, 3.63) is 40.4 Å². The molecule has 2 aromatic heterocycles. The number of fused-ring (bicyclic) bond motifs is 3. The smallest absolute Gasteiger partial charge is 0.319 e. The summed E-state index contributed by atoms with van der Waals surface area (Å²) in [5, 5.41) is 14.2. The summed E-state index contributed by atoms with van der Waals surface area (Å²) in [6.07, 6.45) is 10.0. The van der Waals surface area contributed by atoms with E-state index in [9.17, 15) is 14.4 Å². The highest BCUT2D eigenvalue weighted by atomic mass is 35.5. The number of hydrogen-bond donors (Lipinski definition) is 2. The third kappa shape index (κ3) is 6.06. The van der Waals surface area contributed by atoms with E-state index >= 15 is 4.39 Å². The quantitative estimate of drug-likeness (QED) is 0.156. The van der Waals surface area contributed by atoms with Gasteiger partial charge in [0.15, 0.2) is 5.82 Å². The monoisotopic (exact) mass is 760 g/mol. The van der Waals surface area contributed by atoms with Crippen molar-refractivity contribution in [1.82, 2.24) is 25.1 Å². The first-order chi connectivity index (χ1) is 25.6. The maximum absolute atomic E-state index is 17.0. The van der Waals surface area contributed by atoms with E-state index in [1.54, 1.807) is 11.0 Å². The summed E-state index contributed by atoms with van der Waals surface area (Å²) in [7, 11) is 0. The zero-order chi connectivity index (χ0) is 36.6.